The number of nitrogens with two attached hydrogens (primary N) is 1. The lowest BCUT2D eigenvalue weighted by Gasteiger charge is -2.21. The maximum Gasteiger partial charge on any atom is 0.433 e. The summed E-state index contributed by atoms with van der Waals surface area (Å²) in [6.07, 6.45) is -4.95. The molecule has 9 heteroatoms. The quantitative estimate of drug-likeness (QED) is 0.343. The van der Waals surface area contributed by atoms with Gasteiger partial charge in [0.05, 0.1) is 22.0 Å². The SMILES string of the molecule is CN/C(Nc1ccccc1N)=C(\C(=N)C(F)(F)F)c1ccc(F)cc1Cl. The van der Waals surface area contributed by atoms with Gasteiger partial charge in [0, 0.05) is 12.6 Å². The molecule has 0 aliphatic carbocycles. The van der Waals surface area contributed by atoms with Crippen LogP contribution in [-0.2, 0) is 0 Å². The maximum absolute atomic E-state index is 13.3. The third-order valence-electron chi connectivity index (χ3n) is 3.45. The second-order valence-corrected chi connectivity index (χ2v) is 5.62. The fourth-order valence-electron chi connectivity index (χ4n) is 2.22. The average molecular weight is 387 g/mol. The number of para-hydroxylation sites is 2. The van der Waals surface area contributed by atoms with Gasteiger partial charge in [-0.25, -0.2) is 4.39 Å². The first-order valence-electron chi connectivity index (χ1n) is 7.30. The molecule has 5 N–H and O–H groups in total. The summed E-state index contributed by atoms with van der Waals surface area (Å²) in [6, 6.07) is 9.37. The number of halogens is 5. The van der Waals surface area contributed by atoms with Crippen LogP contribution in [-0.4, -0.2) is 18.9 Å². The van der Waals surface area contributed by atoms with Crippen molar-refractivity contribution in [1.29, 1.82) is 5.41 Å². The van der Waals surface area contributed by atoms with E-state index in [4.69, 9.17) is 22.7 Å². The van der Waals surface area contributed by atoms with Crippen molar-refractivity contribution in [3.63, 3.8) is 0 Å². The van der Waals surface area contributed by atoms with Crippen molar-refractivity contribution < 1.29 is 17.6 Å². The first-order chi connectivity index (χ1) is 12.1. The summed E-state index contributed by atoms with van der Waals surface area (Å²) in [5.74, 6) is -0.860. The molecule has 4 nitrogen and oxygen atoms in total. The molecule has 0 fully saturated rings. The molecule has 26 heavy (non-hydrogen) atoms. The maximum atomic E-state index is 13.3. The smallest absolute Gasteiger partial charge is 0.397 e. The highest BCUT2D eigenvalue weighted by molar-refractivity contribution is 6.36. The third-order valence-corrected chi connectivity index (χ3v) is 3.77. The van der Waals surface area contributed by atoms with E-state index in [1.807, 2.05) is 0 Å². The Morgan fingerprint density at radius 3 is 2.35 bits per heavy atom. The number of nitrogen functional groups attached to an aromatic ring is 1. The number of nitrogens with one attached hydrogen (secondary N) is 3. The van der Waals surface area contributed by atoms with Crippen molar-refractivity contribution in [3.8, 4) is 0 Å². The Balaban J connectivity index is 2.68. The van der Waals surface area contributed by atoms with Crippen LogP contribution in [0.3, 0.4) is 0 Å². The number of anilines is 2. The van der Waals surface area contributed by atoms with Gasteiger partial charge in [-0.3, -0.25) is 5.41 Å². The molecular weight excluding hydrogens is 372 g/mol. The van der Waals surface area contributed by atoms with Crippen LogP contribution in [0.1, 0.15) is 5.56 Å². The van der Waals surface area contributed by atoms with Crippen LogP contribution in [0.25, 0.3) is 5.57 Å². The molecule has 0 spiro atoms. The highest BCUT2D eigenvalue weighted by Gasteiger charge is 2.39. The number of benzene rings is 2. The topological polar surface area (TPSA) is 73.9 Å². The Hall–Kier alpha value is -2.74. The van der Waals surface area contributed by atoms with E-state index in [1.54, 1.807) is 24.3 Å². The lowest BCUT2D eigenvalue weighted by molar-refractivity contribution is -0.0578. The van der Waals surface area contributed by atoms with Gasteiger partial charge in [0.1, 0.15) is 17.3 Å². The normalized spacial score (nSPS) is 12.4. The van der Waals surface area contributed by atoms with Crippen molar-refractivity contribution in [1.82, 2.24) is 5.32 Å². The van der Waals surface area contributed by atoms with Gasteiger partial charge in [-0.1, -0.05) is 23.7 Å². The fourth-order valence-corrected chi connectivity index (χ4v) is 2.49. The molecule has 0 saturated heterocycles. The van der Waals surface area contributed by atoms with Crippen LogP contribution in [0, 0.1) is 11.2 Å². The van der Waals surface area contributed by atoms with Crippen LogP contribution in [0.2, 0.25) is 5.02 Å². The number of hydrogen-bond donors (Lipinski definition) is 4. The minimum atomic E-state index is -4.95. The summed E-state index contributed by atoms with van der Waals surface area (Å²) < 4.78 is 53.1. The Morgan fingerprint density at radius 2 is 1.81 bits per heavy atom. The van der Waals surface area contributed by atoms with E-state index in [2.05, 4.69) is 10.6 Å². The minimum absolute atomic E-state index is 0.151. The Bertz CT molecular complexity index is 862. The van der Waals surface area contributed by atoms with Crippen LogP contribution < -0.4 is 16.4 Å². The molecule has 138 valence electrons. The van der Waals surface area contributed by atoms with Crippen LogP contribution >= 0.6 is 11.6 Å². The highest BCUT2D eigenvalue weighted by Crippen LogP contribution is 2.34. The summed E-state index contributed by atoms with van der Waals surface area (Å²) in [5, 5.41) is 12.7. The predicted molar refractivity (Wildman–Crippen MR) is 95.6 cm³/mol. The fraction of sp³-hybridized carbons (Fsp3) is 0.118. The zero-order valence-corrected chi connectivity index (χ0v) is 14.3. The van der Waals surface area contributed by atoms with Crippen molar-refractivity contribution in [2.75, 3.05) is 18.1 Å². The first kappa shape index (κ1) is 19.6. The highest BCUT2D eigenvalue weighted by atomic mass is 35.5. The molecule has 0 atom stereocenters. The first-order valence-corrected chi connectivity index (χ1v) is 7.68. The van der Waals surface area contributed by atoms with E-state index in [0.29, 0.717) is 11.4 Å². The third kappa shape index (κ3) is 4.26. The van der Waals surface area contributed by atoms with Gasteiger partial charge in [-0.2, -0.15) is 13.2 Å². The summed E-state index contributed by atoms with van der Waals surface area (Å²) in [5.41, 5.74) is 4.09. The molecule has 0 amide bonds. The second-order valence-electron chi connectivity index (χ2n) is 5.21. The summed E-state index contributed by atoms with van der Waals surface area (Å²) >= 11 is 5.94. The van der Waals surface area contributed by atoms with Gasteiger partial charge in [-0.15, -0.1) is 0 Å². The molecule has 0 aliphatic rings. The van der Waals surface area contributed by atoms with E-state index >= 15 is 0 Å². The molecule has 0 saturated carbocycles. The molecule has 0 radical (unpaired) electrons. The Labute approximate surface area is 152 Å². The van der Waals surface area contributed by atoms with Gasteiger partial charge in [0.2, 0.25) is 0 Å². The van der Waals surface area contributed by atoms with E-state index in [1.165, 1.54) is 7.05 Å². The summed E-state index contributed by atoms with van der Waals surface area (Å²) in [4.78, 5) is 0. The molecular formula is C17H15ClF4N4. The molecule has 0 aromatic heterocycles. The lowest BCUT2D eigenvalue weighted by atomic mass is 10.00. The van der Waals surface area contributed by atoms with Gasteiger partial charge < -0.3 is 16.4 Å². The lowest BCUT2D eigenvalue weighted by Crippen LogP contribution is -2.29. The molecule has 2 rings (SSSR count). The van der Waals surface area contributed by atoms with Crippen molar-refractivity contribution in [2.24, 2.45) is 0 Å². The standard InChI is InChI=1S/C17H15ClF4N4/c1-25-16(26-13-5-3-2-4-12(13)23)14(15(24)17(20,21)22)10-7-6-9(19)8-11(10)18/h2-8,24-26H,23H2,1H3/b16-14+,24-15?. The number of hydrogen-bond acceptors (Lipinski definition) is 4. The Morgan fingerprint density at radius 1 is 1.15 bits per heavy atom. The molecule has 0 heterocycles. The van der Waals surface area contributed by atoms with E-state index < -0.39 is 23.3 Å². The van der Waals surface area contributed by atoms with E-state index in [9.17, 15) is 17.6 Å². The van der Waals surface area contributed by atoms with Crippen LogP contribution in [0.15, 0.2) is 48.3 Å². The molecule has 0 bridgehead atoms. The van der Waals surface area contributed by atoms with Crippen LogP contribution in [0.4, 0.5) is 28.9 Å². The minimum Gasteiger partial charge on any atom is -0.397 e. The molecule has 2 aromatic carbocycles. The summed E-state index contributed by atoms with van der Waals surface area (Å²) in [7, 11) is 1.38. The average Bonchev–Trinajstić information content (AvgIpc) is 2.56. The Kier molecular flexibility index (Phi) is 5.76. The van der Waals surface area contributed by atoms with Gasteiger partial charge in [0.15, 0.2) is 0 Å². The van der Waals surface area contributed by atoms with Gasteiger partial charge in [0.25, 0.3) is 0 Å². The van der Waals surface area contributed by atoms with Gasteiger partial charge in [-0.05, 0) is 30.3 Å². The van der Waals surface area contributed by atoms with Crippen molar-refractivity contribution in [2.45, 2.75) is 6.18 Å². The number of alkyl halides is 3. The molecule has 0 aliphatic heterocycles. The second kappa shape index (κ2) is 7.65. The largest absolute Gasteiger partial charge is 0.433 e. The zero-order chi connectivity index (χ0) is 19.5. The molecule has 2 aromatic rings. The van der Waals surface area contributed by atoms with Crippen LogP contribution in [0.5, 0.6) is 0 Å². The predicted octanol–water partition coefficient (Wildman–Crippen LogP) is 4.64. The van der Waals surface area contributed by atoms with E-state index in [-0.39, 0.29) is 16.4 Å². The van der Waals surface area contributed by atoms with Gasteiger partial charge >= 0.3 is 6.18 Å². The monoisotopic (exact) mass is 386 g/mol. The summed E-state index contributed by atoms with van der Waals surface area (Å²) in [6.45, 7) is 0. The number of allylic oxidation sites excluding steroid dienone is 1. The van der Waals surface area contributed by atoms with Crippen molar-refractivity contribution >= 4 is 34.3 Å². The molecule has 0 unspecified atom stereocenters. The van der Waals surface area contributed by atoms with Crippen molar-refractivity contribution in [3.05, 3.63) is 64.7 Å². The number of rotatable bonds is 5. The zero-order valence-electron chi connectivity index (χ0n) is 13.5. The van der Waals surface area contributed by atoms with E-state index in [0.717, 1.165) is 18.2 Å².